The summed E-state index contributed by atoms with van der Waals surface area (Å²) in [6.45, 7) is 0.386. The molecule has 2 aromatic carbocycles. The van der Waals surface area contributed by atoms with Crippen LogP contribution in [0.5, 0.6) is 0 Å². The number of hydrogen-bond donors (Lipinski definition) is 0. The van der Waals surface area contributed by atoms with Crippen molar-refractivity contribution in [3.05, 3.63) is 64.7 Å². The molecule has 1 fully saturated rings. The quantitative estimate of drug-likeness (QED) is 0.339. The molecule has 10 heteroatoms. The second-order valence-electron chi connectivity index (χ2n) is 7.91. The number of carbonyl (C=O) groups excluding carboxylic acids is 2. The molecule has 0 radical (unpaired) electrons. The van der Waals surface area contributed by atoms with Crippen LogP contribution in [0.3, 0.4) is 0 Å². The van der Waals surface area contributed by atoms with Gasteiger partial charge in [0.1, 0.15) is 16.7 Å². The Labute approximate surface area is 202 Å². The lowest BCUT2D eigenvalue weighted by Crippen LogP contribution is -2.35. The highest BCUT2D eigenvalue weighted by Gasteiger charge is 2.29. The average Bonchev–Trinajstić information content (AvgIpc) is 3.19. The van der Waals surface area contributed by atoms with Gasteiger partial charge < -0.3 is 9.64 Å². The Bertz CT molecular complexity index is 1290. The number of nitrogens with zero attached hydrogens (tertiary/aromatic N) is 3. The molecule has 0 aromatic heterocycles. The monoisotopic (exact) mass is 497 g/mol. The van der Waals surface area contributed by atoms with E-state index in [4.69, 9.17) is 4.74 Å². The van der Waals surface area contributed by atoms with Crippen molar-refractivity contribution in [2.24, 2.45) is 0 Å². The van der Waals surface area contributed by atoms with Gasteiger partial charge in [-0.1, -0.05) is 30.3 Å². The summed E-state index contributed by atoms with van der Waals surface area (Å²) < 4.78 is 32.1. The average molecular weight is 498 g/mol. The molecule has 8 nitrogen and oxygen atoms in total. The number of benzene rings is 2. The number of piperidine rings is 1. The molecule has 0 unspecified atom stereocenters. The number of sulfonamides is 1. The first kappa shape index (κ1) is 24.0. The highest BCUT2D eigenvalue weighted by Crippen LogP contribution is 2.46. The van der Waals surface area contributed by atoms with Gasteiger partial charge in [-0.15, -0.1) is 0 Å². The number of ketones is 1. The summed E-state index contributed by atoms with van der Waals surface area (Å²) >= 11 is 1.31. The fraction of sp³-hybridized carbons (Fsp3) is 0.292. The van der Waals surface area contributed by atoms with Gasteiger partial charge in [0.15, 0.2) is 6.61 Å². The van der Waals surface area contributed by atoms with Gasteiger partial charge in [0.2, 0.25) is 15.8 Å². The van der Waals surface area contributed by atoms with Gasteiger partial charge >= 0.3 is 5.97 Å². The first-order valence-electron chi connectivity index (χ1n) is 10.8. The third-order valence-electron chi connectivity index (χ3n) is 5.72. The predicted octanol–water partition coefficient (Wildman–Crippen LogP) is 3.56. The highest BCUT2D eigenvalue weighted by atomic mass is 32.2. The smallest absolute Gasteiger partial charge is 0.338 e. The Balaban J connectivity index is 1.41. The summed E-state index contributed by atoms with van der Waals surface area (Å²) in [7, 11) is -1.84. The van der Waals surface area contributed by atoms with E-state index in [1.807, 2.05) is 30.3 Å². The summed E-state index contributed by atoms with van der Waals surface area (Å²) in [6.07, 6.45) is 2.68. The maximum absolute atomic E-state index is 12.7. The molecule has 0 aliphatic carbocycles. The van der Waals surface area contributed by atoms with E-state index < -0.39 is 28.4 Å². The fourth-order valence-corrected chi connectivity index (χ4v) is 6.53. The number of hydrogen-bond acceptors (Lipinski definition) is 8. The van der Waals surface area contributed by atoms with Crippen molar-refractivity contribution in [3.8, 4) is 6.07 Å². The van der Waals surface area contributed by atoms with Gasteiger partial charge in [-0.3, -0.25) is 4.79 Å². The largest absolute Gasteiger partial charge is 0.454 e. The molecule has 2 aliphatic heterocycles. The second kappa shape index (κ2) is 10.0. The number of anilines is 1. The number of para-hydroxylation sites is 1. The number of fused-ring (bicyclic) bond motifs is 1. The molecule has 2 aliphatic rings. The first-order chi connectivity index (χ1) is 16.3. The molecule has 34 heavy (non-hydrogen) atoms. The minimum atomic E-state index is -3.60. The van der Waals surface area contributed by atoms with Crippen LogP contribution in [0.2, 0.25) is 0 Å². The molecule has 1 saturated heterocycles. The van der Waals surface area contributed by atoms with Crippen molar-refractivity contribution in [3.63, 3.8) is 0 Å². The van der Waals surface area contributed by atoms with E-state index in [1.54, 1.807) is 11.9 Å². The SMILES string of the molecule is CN1/C(=C(\C#N)C(=O)COC(=O)c2ccc(S(=O)(=O)N3CCCCC3)cc2)Sc2ccccc21. The van der Waals surface area contributed by atoms with Crippen molar-refractivity contribution in [1.29, 1.82) is 5.26 Å². The van der Waals surface area contributed by atoms with Crippen molar-refractivity contribution < 1.29 is 22.7 Å². The van der Waals surface area contributed by atoms with Crippen LogP contribution in [0.15, 0.2) is 68.9 Å². The Kier molecular flexibility index (Phi) is 7.07. The fourth-order valence-electron chi connectivity index (χ4n) is 3.85. The standard InChI is InChI=1S/C24H23N3O5S2/c1-26-20-7-3-4-8-22(20)33-23(26)19(15-25)21(28)16-32-24(29)17-9-11-18(12-10-17)34(30,31)27-13-5-2-6-14-27/h3-4,7-12H,2,5-6,13-14,16H2,1H3/b23-19-. The number of thioether (sulfide) groups is 1. The van der Waals surface area contributed by atoms with Gasteiger partial charge in [-0.05, 0) is 49.2 Å². The predicted molar refractivity (Wildman–Crippen MR) is 128 cm³/mol. The van der Waals surface area contributed by atoms with E-state index in [9.17, 15) is 23.3 Å². The molecular formula is C24H23N3O5S2. The van der Waals surface area contributed by atoms with Gasteiger partial charge in [-0.2, -0.15) is 9.57 Å². The van der Waals surface area contributed by atoms with Crippen molar-refractivity contribution in [1.82, 2.24) is 4.31 Å². The van der Waals surface area contributed by atoms with Crippen LogP contribution in [0.1, 0.15) is 29.6 Å². The van der Waals surface area contributed by atoms with Crippen LogP contribution < -0.4 is 4.90 Å². The van der Waals surface area contributed by atoms with E-state index in [0.717, 1.165) is 29.8 Å². The maximum atomic E-state index is 12.7. The van der Waals surface area contributed by atoms with Crippen LogP contribution in [-0.4, -0.2) is 51.2 Å². The van der Waals surface area contributed by atoms with E-state index in [1.165, 1.54) is 40.3 Å². The minimum Gasteiger partial charge on any atom is -0.454 e. The number of carbonyl (C=O) groups is 2. The number of esters is 1. The van der Waals surface area contributed by atoms with Crippen LogP contribution in [0.4, 0.5) is 5.69 Å². The number of Topliss-reactive ketones (excluding diaryl/α,β-unsaturated/α-hetero) is 1. The molecule has 2 heterocycles. The Morgan fingerprint density at radius 3 is 2.38 bits per heavy atom. The zero-order valence-corrected chi connectivity index (χ0v) is 20.2. The lowest BCUT2D eigenvalue weighted by atomic mass is 10.2. The van der Waals surface area contributed by atoms with Crippen molar-refractivity contribution >= 4 is 39.2 Å². The third kappa shape index (κ3) is 4.73. The molecule has 0 amide bonds. The van der Waals surface area contributed by atoms with Gasteiger partial charge in [0, 0.05) is 25.0 Å². The van der Waals surface area contributed by atoms with Crippen LogP contribution in [-0.2, 0) is 19.6 Å². The Morgan fingerprint density at radius 2 is 1.74 bits per heavy atom. The Hall–Kier alpha value is -3.13. The second-order valence-corrected chi connectivity index (χ2v) is 10.9. The van der Waals surface area contributed by atoms with Crippen molar-refractivity contribution in [2.45, 2.75) is 29.1 Å². The molecule has 0 atom stereocenters. The highest BCUT2D eigenvalue weighted by molar-refractivity contribution is 8.03. The van der Waals surface area contributed by atoms with Crippen molar-refractivity contribution in [2.75, 3.05) is 31.6 Å². The third-order valence-corrected chi connectivity index (χ3v) is 8.87. The first-order valence-corrected chi connectivity index (χ1v) is 13.0. The minimum absolute atomic E-state index is 0.0838. The summed E-state index contributed by atoms with van der Waals surface area (Å²) in [5.41, 5.74) is 0.926. The summed E-state index contributed by atoms with van der Waals surface area (Å²) in [6, 6.07) is 14.9. The van der Waals surface area contributed by atoms with Crippen LogP contribution in [0, 0.1) is 11.3 Å². The molecule has 176 valence electrons. The molecule has 2 aromatic rings. The lowest BCUT2D eigenvalue weighted by Gasteiger charge is -2.25. The van der Waals surface area contributed by atoms with Crippen LogP contribution in [0.25, 0.3) is 0 Å². The zero-order valence-electron chi connectivity index (χ0n) is 18.6. The molecule has 4 rings (SSSR count). The topological polar surface area (TPSA) is 108 Å². The lowest BCUT2D eigenvalue weighted by molar-refractivity contribution is -0.118. The van der Waals surface area contributed by atoms with E-state index in [2.05, 4.69) is 0 Å². The molecular weight excluding hydrogens is 474 g/mol. The number of rotatable bonds is 6. The Morgan fingerprint density at radius 1 is 1.06 bits per heavy atom. The van der Waals surface area contributed by atoms with E-state index in [0.29, 0.717) is 18.1 Å². The zero-order chi connectivity index (χ0) is 24.3. The van der Waals surface area contributed by atoms with E-state index in [-0.39, 0.29) is 16.0 Å². The van der Waals surface area contributed by atoms with Gasteiger partial charge in [0.25, 0.3) is 0 Å². The van der Waals surface area contributed by atoms with E-state index >= 15 is 0 Å². The normalized spacial score (nSPS) is 17.6. The van der Waals surface area contributed by atoms with Crippen LogP contribution >= 0.6 is 11.8 Å². The van der Waals surface area contributed by atoms with Gasteiger partial charge in [0.05, 0.1) is 16.1 Å². The molecule has 0 spiro atoms. The number of nitriles is 1. The summed E-state index contributed by atoms with van der Waals surface area (Å²) in [4.78, 5) is 27.9. The number of ether oxygens (including phenoxy) is 1. The maximum Gasteiger partial charge on any atom is 0.338 e. The summed E-state index contributed by atoms with van der Waals surface area (Å²) in [5.74, 6) is -1.38. The molecule has 0 saturated carbocycles. The molecule has 0 bridgehead atoms. The molecule has 0 N–H and O–H groups in total. The van der Waals surface area contributed by atoms with Gasteiger partial charge in [-0.25, -0.2) is 13.2 Å². The summed E-state index contributed by atoms with van der Waals surface area (Å²) in [5, 5.41) is 10.1.